The molecular formula is C78H48B3N3O3. The second-order valence-corrected chi connectivity index (χ2v) is 23.3. The number of hydrogen-bond donors (Lipinski definition) is 0. The van der Waals surface area contributed by atoms with E-state index >= 15 is 0 Å². The number of benzene rings is 13. The lowest BCUT2D eigenvalue weighted by Crippen LogP contribution is -2.66. The fourth-order valence-corrected chi connectivity index (χ4v) is 15.3. The van der Waals surface area contributed by atoms with Crippen LogP contribution in [-0.4, -0.2) is 33.8 Å². The summed E-state index contributed by atoms with van der Waals surface area (Å²) in [4.78, 5) is 0. The second kappa shape index (κ2) is 18.7. The van der Waals surface area contributed by atoms with Crippen LogP contribution in [0.15, 0.2) is 291 Å². The van der Waals surface area contributed by atoms with E-state index in [2.05, 4.69) is 305 Å². The molecule has 3 aliphatic rings. The van der Waals surface area contributed by atoms with Gasteiger partial charge in [0.1, 0.15) is 34.5 Å². The molecule has 13 aromatic carbocycles. The molecule has 0 unspecified atom stereocenters. The Morgan fingerprint density at radius 1 is 0.218 bits per heavy atom. The number of hydrogen-bond acceptors (Lipinski definition) is 3. The Hall–Kier alpha value is -11.1. The van der Waals surface area contributed by atoms with Gasteiger partial charge in [0.2, 0.25) is 0 Å². The summed E-state index contributed by atoms with van der Waals surface area (Å²) in [6.45, 7) is -1.06. The standard InChI is InChI=1S/C78H48B3N3O3/c1-10-37-64-55(28-1)56-29-2-11-38-65(56)82(64)52-25-19-22-49(46-52)79-61-34-7-16-43-70(61)85-76-73(79)77-75(80(62-35-8-17-44-71(62)86-77)50-23-20-26-53(47-50)83-66-39-12-3-30-57(66)58-31-4-13-40-67(58)83)78-74(76)81(63-36-9-18-45-72(63)87-78)51-24-21-27-54(48-51)84-68-41-14-5-32-59(68)60-33-6-15-42-69(60)84/h1-48H. The second-order valence-electron chi connectivity index (χ2n) is 23.3. The van der Waals surface area contributed by atoms with Gasteiger partial charge in [-0.15, -0.1) is 0 Å². The zero-order chi connectivity index (χ0) is 56.8. The first kappa shape index (κ1) is 48.3. The van der Waals surface area contributed by atoms with Crippen LogP contribution in [0.25, 0.3) is 82.5 Å². The minimum Gasteiger partial charge on any atom is -0.459 e. The summed E-state index contributed by atoms with van der Waals surface area (Å²) < 4.78 is 30.4. The van der Waals surface area contributed by atoms with Gasteiger partial charge in [0.15, 0.2) is 0 Å². The van der Waals surface area contributed by atoms with Crippen molar-refractivity contribution in [2.45, 2.75) is 0 Å². The highest BCUT2D eigenvalue weighted by atomic mass is 16.5. The lowest BCUT2D eigenvalue weighted by molar-refractivity contribution is 0.453. The SMILES string of the molecule is c1cc(B2c3ccccc3Oc3c2c2c(c4c3B(c3cccc(-n5c6ccccc6c6ccccc65)c3)c3ccccc3O4)B(c3cccc(-n4c5ccccc5c5ccccc54)c3)c3ccccc3O2)cc(-n2c3ccccc3c3ccccc32)c1. The molecule has 0 N–H and O–H groups in total. The van der Waals surface area contributed by atoms with E-state index in [9.17, 15) is 0 Å². The normalized spacial score (nSPS) is 13.0. The summed E-state index contributed by atoms with van der Waals surface area (Å²) in [6.07, 6.45) is 0. The molecule has 0 radical (unpaired) electrons. The van der Waals surface area contributed by atoms with Crippen molar-refractivity contribution in [2.24, 2.45) is 0 Å². The van der Waals surface area contributed by atoms with E-state index in [0.717, 1.165) is 134 Å². The highest BCUT2D eigenvalue weighted by Gasteiger charge is 2.49. The first-order valence-corrected chi connectivity index (χ1v) is 30.0. The van der Waals surface area contributed by atoms with Gasteiger partial charge in [-0.2, -0.15) is 0 Å². The number of rotatable bonds is 6. The van der Waals surface area contributed by atoms with Crippen LogP contribution in [0.3, 0.4) is 0 Å². The largest absolute Gasteiger partial charge is 0.459 e. The Morgan fingerprint density at radius 2 is 0.448 bits per heavy atom. The van der Waals surface area contributed by atoms with Crippen LogP contribution in [0.2, 0.25) is 0 Å². The molecule has 0 bridgehead atoms. The zero-order valence-electron chi connectivity index (χ0n) is 47.0. The van der Waals surface area contributed by atoms with Crippen molar-refractivity contribution in [3.63, 3.8) is 0 Å². The molecule has 6 nitrogen and oxygen atoms in total. The van der Waals surface area contributed by atoms with Crippen molar-refractivity contribution >= 4 is 135 Å². The molecule has 3 aromatic heterocycles. The number of para-hydroxylation sites is 9. The van der Waals surface area contributed by atoms with Gasteiger partial charge in [-0.3, -0.25) is 0 Å². The molecule has 6 heterocycles. The first-order valence-electron chi connectivity index (χ1n) is 30.0. The molecule has 402 valence electrons. The average molecular weight is 1110 g/mol. The van der Waals surface area contributed by atoms with Crippen molar-refractivity contribution in [2.75, 3.05) is 0 Å². The third kappa shape index (κ3) is 7.02. The van der Waals surface area contributed by atoms with Gasteiger partial charge in [-0.05, 0) is 107 Å². The topological polar surface area (TPSA) is 42.5 Å². The van der Waals surface area contributed by atoms with E-state index in [1.165, 1.54) is 32.3 Å². The highest BCUT2D eigenvalue weighted by Crippen LogP contribution is 2.41. The smallest absolute Gasteiger partial charge is 0.255 e. The number of nitrogens with zero attached hydrogens (tertiary/aromatic N) is 3. The van der Waals surface area contributed by atoms with Gasteiger partial charge in [0, 0.05) is 65.8 Å². The van der Waals surface area contributed by atoms with Gasteiger partial charge in [0.05, 0.1) is 33.1 Å². The van der Waals surface area contributed by atoms with E-state index < -0.39 is 0 Å². The maximum Gasteiger partial charge on any atom is 0.255 e. The third-order valence-electron chi connectivity index (χ3n) is 18.8. The fourth-order valence-electron chi connectivity index (χ4n) is 15.3. The Kier molecular flexibility index (Phi) is 10.4. The predicted molar refractivity (Wildman–Crippen MR) is 362 cm³/mol. The van der Waals surface area contributed by atoms with Gasteiger partial charge >= 0.3 is 0 Å². The molecule has 0 saturated heterocycles. The molecule has 0 aliphatic carbocycles. The summed E-state index contributed by atoms with van der Waals surface area (Å²) in [6, 6.07) is 106. The maximum atomic E-state index is 7.70. The molecule has 0 fully saturated rings. The number of aromatic nitrogens is 3. The molecule has 19 rings (SSSR count). The fraction of sp³-hybridized carbons (Fsp3) is 0. The van der Waals surface area contributed by atoms with Crippen molar-refractivity contribution in [3.05, 3.63) is 291 Å². The molecule has 0 saturated carbocycles. The van der Waals surface area contributed by atoms with Gasteiger partial charge in [-0.1, -0.05) is 217 Å². The maximum absolute atomic E-state index is 7.70. The van der Waals surface area contributed by atoms with Crippen LogP contribution in [0.4, 0.5) is 0 Å². The molecule has 9 heteroatoms. The van der Waals surface area contributed by atoms with E-state index in [1.807, 2.05) is 0 Å². The summed E-state index contributed by atoms with van der Waals surface area (Å²) in [5.41, 5.74) is 19.6. The lowest BCUT2D eigenvalue weighted by Gasteiger charge is -2.39. The Morgan fingerprint density at radius 3 is 0.713 bits per heavy atom. The van der Waals surface area contributed by atoms with Gasteiger partial charge in [0.25, 0.3) is 20.1 Å². The minimum absolute atomic E-state index is 0.353. The average Bonchev–Trinajstić information content (AvgIpc) is 1.97. The lowest BCUT2D eigenvalue weighted by atomic mass is 9.28. The van der Waals surface area contributed by atoms with Crippen molar-refractivity contribution in [1.82, 2.24) is 13.7 Å². The minimum atomic E-state index is -0.353. The predicted octanol–water partition coefficient (Wildman–Crippen LogP) is 12.8. The molecule has 87 heavy (non-hydrogen) atoms. The van der Waals surface area contributed by atoms with Gasteiger partial charge in [-0.25, -0.2) is 0 Å². The zero-order valence-corrected chi connectivity index (χ0v) is 47.0. The molecule has 0 atom stereocenters. The van der Waals surface area contributed by atoms with Crippen molar-refractivity contribution in [1.29, 1.82) is 0 Å². The van der Waals surface area contributed by atoms with E-state index in [-0.39, 0.29) is 20.1 Å². The Balaban J connectivity index is 0.914. The van der Waals surface area contributed by atoms with E-state index in [4.69, 9.17) is 14.2 Å². The quantitative estimate of drug-likeness (QED) is 0.156. The van der Waals surface area contributed by atoms with Crippen LogP contribution < -0.4 is 63.4 Å². The third-order valence-corrected chi connectivity index (χ3v) is 18.8. The highest BCUT2D eigenvalue weighted by molar-refractivity contribution is 7.04. The summed E-state index contributed by atoms with van der Waals surface area (Å²) in [5, 5.41) is 7.30. The van der Waals surface area contributed by atoms with Crippen LogP contribution in [-0.2, 0) is 0 Å². The summed E-state index contributed by atoms with van der Waals surface area (Å²) in [7, 11) is 0. The number of ether oxygens (including phenoxy) is 3. The molecule has 16 aromatic rings. The van der Waals surface area contributed by atoms with Crippen LogP contribution >= 0.6 is 0 Å². The van der Waals surface area contributed by atoms with Crippen LogP contribution in [0.5, 0.6) is 34.5 Å². The van der Waals surface area contributed by atoms with Gasteiger partial charge < -0.3 is 27.9 Å². The van der Waals surface area contributed by atoms with Crippen molar-refractivity contribution in [3.8, 4) is 51.6 Å². The Labute approximate surface area is 502 Å². The number of fused-ring (bicyclic) bond motifs is 18. The monoisotopic (exact) mass is 1110 g/mol. The molecule has 0 amide bonds. The molecule has 0 spiro atoms. The Bertz CT molecular complexity index is 4860. The van der Waals surface area contributed by atoms with Crippen LogP contribution in [0.1, 0.15) is 0 Å². The summed E-state index contributed by atoms with van der Waals surface area (Å²) >= 11 is 0. The molecule has 3 aliphatic heterocycles. The van der Waals surface area contributed by atoms with Crippen LogP contribution in [0, 0.1) is 0 Å². The van der Waals surface area contributed by atoms with E-state index in [0.29, 0.717) is 0 Å². The van der Waals surface area contributed by atoms with E-state index in [1.54, 1.807) is 0 Å². The molecular weight excluding hydrogens is 1060 g/mol. The first-order chi connectivity index (χ1) is 43.2. The van der Waals surface area contributed by atoms with Crippen molar-refractivity contribution < 1.29 is 14.2 Å². The summed E-state index contributed by atoms with van der Waals surface area (Å²) in [5.74, 6) is 4.61.